The molecule has 11 heteroatoms. The summed E-state index contributed by atoms with van der Waals surface area (Å²) in [5, 5.41) is 9.72. The SMILES string of the molecule is CCCCCOc1ccc(NC(=S)NC(=O)c2csnn2)cc1C(F)(F)F. The second-order valence-corrected chi connectivity index (χ2v) is 6.48. The molecule has 0 bridgehead atoms. The largest absolute Gasteiger partial charge is 0.493 e. The van der Waals surface area contributed by atoms with Crippen molar-refractivity contribution < 1.29 is 22.7 Å². The molecule has 0 fully saturated rings. The first-order valence-electron chi connectivity index (χ1n) is 8.04. The number of thiocarbonyl (C=S) groups is 1. The minimum absolute atomic E-state index is 0.0657. The van der Waals surface area contributed by atoms with Crippen LogP contribution in [0.25, 0.3) is 0 Å². The summed E-state index contributed by atoms with van der Waals surface area (Å²) >= 11 is 5.94. The summed E-state index contributed by atoms with van der Waals surface area (Å²) < 4.78 is 48.8. The second-order valence-electron chi connectivity index (χ2n) is 5.46. The lowest BCUT2D eigenvalue weighted by Crippen LogP contribution is -2.34. The van der Waals surface area contributed by atoms with E-state index in [1.54, 1.807) is 0 Å². The van der Waals surface area contributed by atoms with E-state index in [2.05, 4.69) is 20.2 Å². The quantitative estimate of drug-likeness (QED) is 0.517. The van der Waals surface area contributed by atoms with Crippen molar-refractivity contribution in [1.29, 1.82) is 0 Å². The molecule has 6 nitrogen and oxygen atoms in total. The summed E-state index contributed by atoms with van der Waals surface area (Å²) in [5.41, 5.74) is -0.775. The number of rotatable bonds is 7. The Labute approximate surface area is 163 Å². The third-order valence-electron chi connectivity index (χ3n) is 3.37. The predicted octanol–water partition coefficient (Wildman–Crippen LogP) is 4.25. The number of halogens is 3. The van der Waals surface area contributed by atoms with Gasteiger partial charge in [0.05, 0.1) is 12.2 Å². The summed E-state index contributed by atoms with van der Waals surface area (Å²) in [4.78, 5) is 11.8. The van der Waals surface area contributed by atoms with Gasteiger partial charge in [-0.15, -0.1) is 5.10 Å². The van der Waals surface area contributed by atoms with E-state index in [1.807, 2.05) is 6.92 Å². The third kappa shape index (κ3) is 6.43. The normalized spacial score (nSPS) is 11.1. The van der Waals surface area contributed by atoms with Gasteiger partial charge in [-0.1, -0.05) is 24.3 Å². The summed E-state index contributed by atoms with van der Waals surface area (Å²) in [6.07, 6.45) is -2.09. The Hall–Kier alpha value is -2.27. The Kier molecular flexibility index (Phi) is 7.48. The Morgan fingerprint density at radius 1 is 1.33 bits per heavy atom. The lowest BCUT2D eigenvalue weighted by atomic mass is 10.1. The fourth-order valence-electron chi connectivity index (χ4n) is 2.08. The monoisotopic (exact) mass is 418 g/mol. The number of nitrogens with zero attached hydrogens (tertiary/aromatic N) is 2. The van der Waals surface area contributed by atoms with E-state index in [-0.39, 0.29) is 28.9 Å². The van der Waals surface area contributed by atoms with Gasteiger partial charge in [0.2, 0.25) is 0 Å². The van der Waals surface area contributed by atoms with Crippen LogP contribution in [0.1, 0.15) is 42.2 Å². The van der Waals surface area contributed by atoms with Crippen LogP contribution in [0.2, 0.25) is 0 Å². The number of amides is 1. The molecule has 0 aliphatic carbocycles. The number of benzene rings is 1. The summed E-state index contributed by atoms with van der Waals surface area (Å²) in [6, 6.07) is 3.51. The molecule has 0 aliphatic heterocycles. The topological polar surface area (TPSA) is 76.1 Å². The number of alkyl halides is 3. The maximum absolute atomic E-state index is 13.3. The molecular formula is C16H17F3N4O2S2. The molecule has 2 N–H and O–H groups in total. The first kappa shape index (κ1) is 21.0. The molecule has 0 saturated carbocycles. The second kappa shape index (κ2) is 9.60. The van der Waals surface area contributed by atoms with Crippen molar-refractivity contribution in [2.24, 2.45) is 0 Å². The highest BCUT2D eigenvalue weighted by molar-refractivity contribution is 7.80. The molecule has 1 aromatic carbocycles. The van der Waals surface area contributed by atoms with Crippen LogP contribution >= 0.6 is 23.8 Å². The maximum Gasteiger partial charge on any atom is 0.420 e. The minimum atomic E-state index is -4.59. The zero-order valence-corrected chi connectivity index (χ0v) is 15.9. The van der Waals surface area contributed by atoms with Crippen LogP contribution in [0, 0.1) is 0 Å². The molecule has 146 valence electrons. The summed E-state index contributed by atoms with van der Waals surface area (Å²) in [5.74, 6) is -0.846. The van der Waals surface area contributed by atoms with Gasteiger partial charge in [0.25, 0.3) is 5.91 Å². The number of carbonyl (C=O) groups is 1. The molecule has 1 heterocycles. The van der Waals surface area contributed by atoms with Crippen molar-refractivity contribution in [3.63, 3.8) is 0 Å². The molecule has 1 amide bonds. The first-order chi connectivity index (χ1) is 12.8. The van der Waals surface area contributed by atoms with Crippen LogP contribution in [0.5, 0.6) is 5.75 Å². The van der Waals surface area contributed by atoms with E-state index in [4.69, 9.17) is 17.0 Å². The number of aromatic nitrogens is 2. The minimum Gasteiger partial charge on any atom is -0.493 e. The molecule has 0 atom stereocenters. The van der Waals surface area contributed by atoms with Gasteiger partial charge in [0, 0.05) is 11.1 Å². The molecular weight excluding hydrogens is 401 g/mol. The van der Waals surface area contributed by atoms with Crippen LogP contribution in [-0.2, 0) is 6.18 Å². The molecule has 0 unspecified atom stereocenters. The molecule has 0 radical (unpaired) electrons. The van der Waals surface area contributed by atoms with Crippen LogP contribution < -0.4 is 15.4 Å². The fourth-order valence-corrected chi connectivity index (χ4v) is 2.73. The van der Waals surface area contributed by atoms with Crippen molar-refractivity contribution in [3.8, 4) is 5.75 Å². The van der Waals surface area contributed by atoms with E-state index in [0.717, 1.165) is 30.4 Å². The number of nitrogens with one attached hydrogen (secondary N) is 2. The molecule has 0 spiro atoms. The van der Waals surface area contributed by atoms with Gasteiger partial charge in [0.1, 0.15) is 5.75 Å². The molecule has 2 aromatic rings. The van der Waals surface area contributed by atoms with Gasteiger partial charge < -0.3 is 10.1 Å². The van der Waals surface area contributed by atoms with E-state index in [1.165, 1.54) is 17.5 Å². The summed E-state index contributed by atoms with van der Waals surface area (Å²) in [7, 11) is 0. The molecule has 27 heavy (non-hydrogen) atoms. The van der Waals surface area contributed by atoms with Crippen LogP contribution in [0.3, 0.4) is 0 Å². The molecule has 1 aromatic heterocycles. The van der Waals surface area contributed by atoms with Crippen molar-refractivity contribution in [2.45, 2.75) is 32.4 Å². The number of unbranched alkanes of at least 4 members (excludes halogenated alkanes) is 2. The number of ether oxygens (including phenoxy) is 1. The highest BCUT2D eigenvalue weighted by Crippen LogP contribution is 2.38. The molecule has 0 aliphatic rings. The predicted molar refractivity (Wildman–Crippen MR) is 100 cm³/mol. The van der Waals surface area contributed by atoms with Crippen LogP contribution in [-0.4, -0.2) is 27.2 Å². The Morgan fingerprint density at radius 3 is 2.74 bits per heavy atom. The highest BCUT2D eigenvalue weighted by Gasteiger charge is 2.34. The average Bonchev–Trinajstić information content (AvgIpc) is 3.13. The van der Waals surface area contributed by atoms with Gasteiger partial charge in [-0.25, -0.2) is 0 Å². The highest BCUT2D eigenvalue weighted by atomic mass is 32.1. The van der Waals surface area contributed by atoms with Gasteiger partial charge in [-0.05, 0) is 48.4 Å². The Bertz CT molecular complexity index is 782. The van der Waals surface area contributed by atoms with E-state index >= 15 is 0 Å². The Balaban J connectivity index is 2.06. The summed E-state index contributed by atoms with van der Waals surface area (Å²) in [6.45, 7) is 2.20. The van der Waals surface area contributed by atoms with Crippen molar-refractivity contribution >= 4 is 40.5 Å². The first-order valence-corrected chi connectivity index (χ1v) is 9.29. The van der Waals surface area contributed by atoms with E-state index in [9.17, 15) is 18.0 Å². The van der Waals surface area contributed by atoms with Crippen molar-refractivity contribution in [2.75, 3.05) is 11.9 Å². The van der Waals surface area contributed by atoms with E-state index in [0.29, 0.717) is 6.42 Å². The maximum atomic E-state index is 13.3. The van der Waals surface area contributed by atoms with E-state index < -0.39 is 17.6 Å². The van der Waals surface area contributed by atoms with Crippen molar-refractivity contribution in [3.05, 3.63) is 34.8 Å². The molecule has 0 saturated heterocycles. The average molecular weight is 418 g/mol. The Morgan fingerprint density at radius 2 is 2.11 bits per heavy atom. The smallest absolute Gasteiger partial charge is 0.420 e. The number of anilines is 1. The zero-order chi connectivity index (χ0) is 19.9. The van der Waals surface area contributed by atoms with Gasteiger partial charge in [-0.3, -0.25) is 10.1 Å². The number of carbonyl (C=O) groups excluding carboxylic acids is 1. The number of hydrogen-bond acceptors (Lipinski definition) is 6. The van der Waals surface area contributed by atoms with Crippen molar-refractivity contribution in [1.82, 2.24) is 14.9 Å². The zero-order valence-electron chi connectivity index (χ0n) is 14.3. The van der Waals surface area contributed by atoms with Crippen LogP contribution in [0.4, 0.5) is 18.9 Å². The lowest BCUT2D eigenvalue weighted by molar-refractivity contribution is -0.138. The third-order valence-corrected chi connectivity index (χ3v) is 4.08. The number of hydrogen-bond donors (Lipinski definition) is 2. The fraction of sp³-hybridized carbons (Fsp3) is 0.375. The standard InChI is InChI=1S/C16H17F3N4O2S2/c1-2-3-4-7-25-13-6-5-10(8-11(13)16(17,18)19)20-15(26)21-14(24)12-9-27-23-22-12/h5-6,8-9H,2-4,7H2,1H3,(H2,20,21,24,26). The van der Waals surface area contributed by atoms with Gasteiger partial charge in [0.15, 0.2) is 10.8 Å². The van der Waals surface area contributed by atoms with Crippen LogP contribution in [0.15, 0.2) is 23.6 Å². The molecule has 2 rings (SSSR count). The lowest BCUT2D eigenvalue weighted by Gasteiger charge is -2.16. The van der Waals surface area contributed by atoms with Gasteiger partial charge >= 0.3 is 6.18 Å². The van der Waals surface area contributed by atoms with Gasteiger partial charge in [-0.2, -0.15) is 13.2 Å².